The van der Waals surface area contributed by atoms with E-state index in [-0.39, 0.29) is 37.7 Å². The van der Waals surface area contributed by atoms with Crippen LogP contribution in [-0.4, -0.2) is 74.2 Å². The van der Waals surface area contributed by atoms with E-state index < -0.39 is 31.9 Å². The van der Waals surface area contributed by atoms with Gasteiger partial charge in [0.25, 0.3) is 10.2 Å². The Labute approximate surface area is 118 Å². The second-order valence-electron chi connectivity index (χ2n) is 5.07. The topological polar surface area (TPSA) is 112 Å². The minimum absolute atomic E-state index is 0.0243. The van der Waals surface area contributed by atoms with Crippen molar-refractivity contribution in [1.29, 1.82) is 0 Å². The number of hydrogen-bond donors (Lipinski definition) is 1. The Morgan fingerprint density at radius 1 is 1.00 bits per heavy atom. The van der Waals surface area contributed by atoms with Crippen molar-refractivity contribution in [2.24, 2.45) is 5.92 Å². The molecule has 2 aliphatic rings. The lowest BCUT2D eigenvalue weighted by Crippen LogP contribution is -2.52. The molecule has 0 aromatic carbocycles. The van der Waals surface area contributed by atoms with Crippen molar-refractivity contribution < 1.29 is 26.7 Å². The Kier molecular flexibility index (Phi) is 4.38. The largest absolute Gasteiger partial charge is 0.481 e. The van der Waals surface area contributed by atoms with Crippen molar-refractivity contribution in [3.05, 3.63) is 0 Å². The highest BCUT2D eigenvalue weighted by Crippen LogP contribution is 2.22. The molecule has 2 saturated heterocycles. The van der Waals surface area contributed by atoms with Gasteiger partial charge in [-0.25, -0.2) is 8.42 Å². The lowest BCUT2D eigenvalue weighted by molar-refractivity contribution is -0.142. The normalized spacial score (nSPS) is 26.4. The first kappa shape index (κ1) is 15.7. The molecule has 2 rings (SSSR count). The maximum Gasteiger partial charge on any atom is 0.306 e. The molecular weight excluding hydrogens is 308 g/mol. The van der Waals surface area contributed by atoms with Crippen LogP contribution in [-0.2, 0) is 24.8 Å². The highest BCUT2D eigenvalue weighted by Gasteiger charge is 2.37. The Hall–Kier alpha value is -0.710. The molecule has 0 spiro atoms. The summed E-state index contributed by atoms with van der Waals surface area (Å²) in [7, 11) is -6.80. The van der Waals surface area contributed by atoms with Gasteiger partial charge in [-0.15, -0.1) is 0 Å². The third-order valence-corrected chi connectivity index (χ3v) is 7.40. The Bertz CT molecular complexity index is 563. The van der Waals surface area contributed by atoms with Crippen molar-refractivity contribution >= 4 is 26.0 Å². The molecule has 1 N–H and O–H groups in total. The van der Waals surface area contributed by atoms with E-state index in [1.165, 1.54) is 8.61 Å². The Morgan fingerprint density at radius 3 is 1.90 bits per heavy atom. The van der Waals surface area contributed by atoms with Crippen LogP contribution in [0.25, 0.3) is 0 Å². The lowest BCUT2D eigenvalue weighted by Gasteiger charge is -2.35. The van der Waals surface area contributed by atoms with Gasteiger partial charge in [0.1, 0.15) is 0 Å². The van der Waals surface area contributed by atoms with Gasteiger partial charge >= 0.3 is 5.97 Å². The summed E-state index contributed by atoms with van der Waals surface area (Å²) >= 11 is 0. The summed E-state index contributed by atoms with van der Waals surface area (Å²) in [6.07, 6.45) is 0.585. The first-order valence-electron chi connectivity index (χ1n) is 6.41. The van der Waals surface area contributed by atoms with E-state index in [1.807, 2.05) is 0 Å². The molecule has 116 valence electrons. The van der Waals surface area contributed by atoms with Gasteiger partial charge in [0.15, 0.2) is 9.84 Å². The van der Waals surface area contributed by atoms with Crippen LogP contribution in [0, 0.1) is 5.92 Å². The summed E-state index contributed by atoms with van der Waals surface area (Å²) in [5.74, 6) is -1.70. The van der Waals surface area contributed by atoms with E-state index >= 15 is 0 Å². The molecule has 0 bridgehead atoms. The zero-order chi connectivity index (χ0) is 15.0. The summed E-state index contributed by atoms with van der Waals surface area (Å²) in [5.41, 5.74) is 0. The van der Waals surface area contributed by atoms with Crippen molar-refractivity contribution in [3.63, 3.8) is 0 Å². The van der Waals surface area contributed by atoms with Crippen LogP contribution in [0.4, 0.5) is 0 Å². The van der Waals surface area contributed by atoms with Crippen molar-refractivity contribution in [2.75, 3.05) is 37.7 Å². The molecule has 0 unspecified atom stereocenters. The quantitative estimate of drug-likeness (QED) is 0.694. The van der Waals surface area contributed by atoms with E-state index in [0.29, 0.717) is 12.8 Å². The smallest absolute Gasteiger partial charge is 0.306 e. The number of carboxylic acid groups (broad SMARTS) is 1. The Morgan fingerprint density at radius 2 is 1.45 bits per heavy atom. The van der Waals surface area contributed by atoms with Crippen LogP contribution >= 0.6 is 0 Å². The SMILES string of the molecule is O=C(O)C1CCN(S(=O)(=O)N2CCS(=O)(=O)CC2)CC1. The number of sulfone groups is 1. The van der Waals surface area contributed by atoms with E-state index in [1.54, 1.807) is 0 Å². The van der Waals surface area contributed by atoms with Crippen molar-refractivity contribution in [2.45, 2.75) is 12.8 Å². The van der Waals surface area contributed by atoms with Crippen LogP contribution in [0.2, 0.25) is 0 Å². The minimum atomic E-state index is -3.68. The number of carbonyl (C=O) groups is 1. The molecule has 0 amide bonds. The molecule has 0 aliphatic carbocycles. The zero-order valence-electron chi connectivity index (χ0n) is 10.9. The maximum atomic E-state index is 12.3. The van der Waals surface area contributed by atoms with Crippen molar-refractivity contribution in [3.8, 4) is 0 Å². The maximum absolute atomic E-state index is 12.3. The first-order chi connectivity index (χ1) is 9.22. The minimum Gasteiger partial charge on any atom is -0.481 e. The Balaban J connectivity index is 2.00. The molecule has 2 aliphatic heterocycles. The second-order valence-corrected chi connectivity index (χ2v) is 9.30. The number of hydrogen-bond acceptors (Lipinski definition) is 5. The molecule has 10 heteroatoms. The number of piperidine rings is 1. The second kappa shape index (κ2) is 5.58. The third kappa shape index (κ3) is 3.30. The summed E-state index contributed by atoms with van der Waals surface area (Å²) in [6.45, 7) is 0.290. The monoisotopic (exact) mass is 326 g/mol. The lowest BCUT2D eigenvalue weighted by atomic mass is 9.99. The standard InChI is InChI=1S/C10H18N2O6S2/c13-10(14)9-1-3-11(4-2-9)20(17,18)12-5-7-19(15,16)8-6-12/h9H,1-8H2,(H,13,14). The molecule has 0 atom stereocenters. The fourth-order valence-electron chi connectivity index (χ4n) is 2.42. The first-order valence-corrected chi connectivity index (χ1v) is 9.63. The molecule has 8 nitrogen and oxygen atoms in total. The fraction of sp³-hybridized carbons (Fsp3) is 0.900. The van der Waals surface area contributed by atoms with Crippen LogP contribution in [0.15, 0.2) is 0 Å². The van der Waals surface area contributed by atoms with E-state index in [0.717, 1.165) is 0 Å². The number of nitrogens with zero attached hydrogens (tertiary/aromatic N) is 2. The van der Waals surface area contributed by atoms with Crippen molar-refractivity contribution in [1.82, 2.24) is 8.61 Å². The molecule has 2 fully saturated rings. The summed E-state index contributed by atoms with van der Waals surface area (Å²) in [5, 5.41) is 8.89. The molecule has 20 heavy (non-hydrogen) atoms. The predicted molar refractivity (Wildman–Crippen MR) is 71.1 cm³/mol. The van der Waals surface area contributed by atoms with Gasteiger partial charge in [0.05, 0.1) is 17.4 Å². The number of rotatable bonds is 3. The van der Waals surface area contributed by atoms with E-state index in [2.05, 4.69) is 0 Å². The highest BCUT2D eigenvalue weighted by atomic mass is 32.2. The molecule has 0 radical (unpaired) electrons. The predicted octanol–water partition coefficient (Wildman–Crippen LogP) is -1.24. The average molecular weight is 326 g/mol. The molecule has 0 saturated carbocycles. The van der Waals surface area contributed by atoms with Gasteiger partial charge in [-0.1, -0.05) is 0 Å². The summed E-state index contributed by atoms with van der Waals surface area (Å²) in [4.78, 5) is 10.8. The van der Waals surface area contributed by atoms with E-state index in [9.17, 15) is 21.6 Å². The average Bonchev–Trinajstić information content (AvgIpc) is 2.38. The molecule has 0 aromatic rings. The summed E-state index contributed by atoms with van der Waals surface area (Å²) < 4.78 is 49.7. The van der Waals surface area contributed by atoms with E-state index in [4.69, 9.17) is 5.11 Å². The third-order valence-electron chi connectivity index (χ3n) is 3.76. The van der Waals surface area contributed by atoms with Crippen LogP contribution in [0.1, 0.15) is 12.8 Å². The summed E-state index contributed by atoms with van der Waals surface area (Å²) in [6, 6.07) is 0. The number of aliphatic carboxylic acids is 1. The van der Waals surface area contributed by atoms with Gasteiger partial charge in [-0.2, -0.15) is 17.0 Å². The van der Waals surface area contributed by atoms with Gasteiger partial charge in [-0.05, 0) is 12.8 Å². The molecular formula is C10H18N2O6S2. The molecule has 2 heterocycles. The van der Waals surface area contributed by atoms with Crippen LogP contribution < -0.4 is 0 Å². The zero-order valence-corrected chi connectivity index (χ0v) is 12.6. The molecule has 0 aromatic heterocycles. The fourth-order valence-corrected chi connectivity index (χ4v) is 5.50. The van der Waals surface area contributed by atoms with Crippen LogP contribution in [0.3, 0.4) is 0 Å². The van der Waals surface area contributed by atoms with Gasteiger partial charge in [0, 0.05) is 26.2 Å². The number of carboxylic acids is 1. The van der Waals surface area contributed by atoms with Gasteiger partial charge in [0.2, 0.25) is 0 Å². The van der Waals surface area contributed by atoms with Gasteiger partial charge in [-0.3, -0.25) is 4.79 Å². The van der Waals surface area contributed by atoms with Gasteiger partial charge < -0.3 is 5.11 Å². The van der Waals surface area contributed by atoms with Crippen LogP contribution in [0.5, 0.6) is 0 Å². The highest BCUT2D eigenvalue weighted by molar-refractivity contribution is 7.91.